The number of nitrogens with zero attached hydrogens (tertiary/aromatic N) is 2. The molecule has 1 N–H and O–H groups in total. The van der Waals surface area contributed by atoms with Gasteiger partial charge in [0.25, 0.3) is 0 Å². The Balaban J connectivity index is 2.05. The highest BCUT2D eigenvalue weighted by Gasteiger charge is 2.39. The van der Waals surface area contributed by atoms with Crippen molar-refractivity contribution in [2.45, 2.75) is 39.0 Å². The zero-order valence-electron chi connectivity index (χ0n) is 7.67. The van der Waals surface area contributed by atoms with Crippen molar-refractivity contribution in [3.8, 4) is 0 Å². The van der Waals surface area contributed by atoms with Crippen molar-refractivity contribution < 1.29 is 0 Å². The fraction of sp³-hybridized carbons (Fsp3) is 0.778. The Kier molecular flexibility index (Phi) is 1.87. The minimum Gasteiger partial charge on any atom is -0.263 e. The predicted molar refractivity (Wildman–Crippen MR) is 46.9 cm³/mol. The first-order valence-electron chi connectivity index (χ1n) is 4.76. The molecule has 2 atom stereocenters. The van der Waals surface area contributed by atoms with Gasteiger partial charge in [0.1, 0.15) is 5.82 Å². The van der Waals surface area contributed by atoms with Crippen molar-refractivity contribution in [1.29, 1.82) is 0 Å². The number of hydrogen-bond donors (Lipinski definition) is 1. The van der Waals surface area contributed by atoms with Crippen LogP contribution in [0.2, 0.25) is 0 Å². The molecule has 12 heavy (non-hydrogen) atoms. The average molecular weight is 165 g/mol. The number of nitrogens with one attached hydrogen (secondary N) is 1. The van der Waals surface area contributed by atoms with E-state index < -0.39 is 0 Å². The molecular formula is C9H15N3. The van der Waals surface area contributed by atoms with E-state index in [-0.39, 0.29) is 0 Å². The number of H-pyrrole nitrogens is 1. The van der Waals surface area contributed by atoms with Gasteiger partial charge in [0.05, 0.1) is 0 Å². The molecule has 3 nitrogen and oxygen atoms in total. The smallest absolute Gasteiger partial charge is 0.154 e. The molecule has 0 aliphatic heterocycles. The monoisotopic (exact) mass is 165 g/mol. The summed E-state index contributed by atoms with van der Waals surface area (Å²) in [6.45, 7) is 4.33. The molecule has 0 bridgehead atoms. The Morgan fingerprint density at radius 2 is 2.33 bits per heavy atom. The molecule has 1 saturated carbocycles. The third-order valence-corrected chi connectivity index (χ3v) is 2.66. The van der Waals surface area contributed by atoms with Crippen LogP contribution in [0.15, 0.2) is 0 Å². The maximum atomic E-state index is 4.42. The van der Waals surface area contributed by atoms with E-state index in [0.29, 0.717) is 5.92 Å². The molecular weight excluding hydrogens is 150 g/mol. The summed E-state index contributed by atoms with van der Waals surface area (Å²) in [5.74, 6) is 3.57. The fourth-order valence-corrected chi connectivity index (χ4v) is 1.65. The Hall–Kier alpha value is -0.860. The Bertz CT molecular complexity index is 266. The second-order valence-electron chi connectivity index (χ2n) is 3.50. The van der Waals surface area contributed by atoms with E-state index in [2.05, 4.69) is 29.0 Å². The van der Waals surface area contributed by atoms with Crippen LogP contribution in [0.25, 0.3) is 0 Å². The summed E-state index contributed by atoms with van der Waals surface area (Å²) in [5, 5.41) is 7.17. The first kappa shape index (κ1) is 7.77. The van der Waals surface area contributed by atoms with Gasteiger partial charge >= 0.3 is 0 Å². The van der Waals surface area contributed by atoms with Crippen LogP contribution in [0.1, 0.15) is 44.3 Å². The van der Waals surface area contributed by atoms with Crippen LogP contribution in [0, 0.1) is 5.92 Å². The van der Waals surface area contributed by atoms with Crippen LogP contribution in [0.4, 0.5) is 0 Å². The first-order valence-corrected chi connectivity index (χ1v) is 4.76. The second kappa shape index (κ2) is 2.88. The van der Waals surface area contributed by atoms with Crippen LogP contribution >= 0.6 is 0 Å². The topological polar surface area (TPSA) is 41.6 Å². The highest BCUT2D eigenvalue weighted by Crippen LogP contribution is 2.47. The minimum absolute atomic E-state index is 0.659. The Morgan fingerprint density at radius 3 is 2.83 bits per heavy atom. The van der Waals surface area contributed by atoms with Crippen molar-refractivity contribution in [1.82, 2.24) is 15.2 Å². The summed E-state index contributed by atoms with van der Waals surface area (Å²) >= 11 is 0. The van der Waals surface area contributed by atoms with E-state index in [9.17, 15) is 0 Å². The van der Waals surface area contributed by atoms with Crippen LogP contribution < -0.4 is 0 Å². The van der Waals surface area contributed by atoms with Gasteiger partial charge in [-0.25, -0.2) is 4.98 Å². The van der Waals surface area contributed by atoms with Gasteiger partial charge in [-0.2, -0.15) is 5.10 Å². The molecule has 2 rings (SSSR count). The third kappa shape index (κ3) is 1.24. The van der Waals surface area contributed by atoms with Gasteiger partial charge in [-0.15, -0.1) is 0 Å². The summed E-state index contributed by atoms with van der Waals surface area (Å²) in [6.07, 6.45) is 3.51. The van der Waals surface area contributed by atoms with Gasteiger partial charge in [-0.1, -0.05) is 20.3 Å². The maximum absolute atomic E-state index is 4.42. The minimum atomic E-state index is 0.659. The lowest BCUT2D eigenvalue weighted by Crippen LogP contribution is -1.86. The normalized spacial score (nSPS) is 27.5. The van der Waals surface area contributed by atoms with Gasteiger partial charge in [-0.3, -0.25) is 5.10 Å². The van der Waals surface area contributed by atoms with E-state index in [0.717, 1.165) is 24.0 Å². The van der Waals surface area contributed by atoms with Gasteiger partial charge in [0.2, 0.25) is 0 Å². The molecule has 0 amide bonds. The zero-order valence-corrected chi connectivity index (χ0v) is 7.67. The molecule has 1 fully saturated rings. The summed E-state index contributed by atoms with van der Waals surface area (Å²) in [5.41, 5.74) is 0. The van der Waals surface area contributed by atoms with Gasteiger partial charge in [0.15, 0.2) is 5.82 Å². The molecule has 0 radical (unpaired) electrons. The summed E-state index contributed by atoms with van der Waals surface area (Å²) < 4.78 is 0. The quantitative estimate of drug-likeness (QED) is 0.743. The predicted octanol–water partition coefficient (Wildman–Crippen LogP) is 1.88. The molecule has 0 spiro atoms. The molecule has 0 saturated heterocycles. The summed E-state index contributed by atoms with van der Waals surface area (Å²) in [4.78, 5) is 4.42. The Morgan fingerprint density at radius 1 is 1.50 bits per heavy atom. The van der Waals surface area contributed by atoms with Crippen molar-refractivity contribution in [3.05, 3.63) is 11.6 Å². The first-order chi connectivity index (χ1) is 5.85. The second-order valence-corrected chi connectivity index (χ2v) is 3.50. The van der Waals surface area contributed by atoms with Crippen LogP contribution in [0.3, 0.4) is 0 Å². The van der Waals surface area contributed by atoms with E-state index in [1.165, 1.54) is 12.8 Å². The van der Waals surface area contributed by atoms with Crippen LogP contribution in [-0.2, 0) is 6.42 Å². The molecule has 3 heteroatoms. The number of aromatic nitrogens is 3. The summed E-state index contributed by atoms with van der Waals surface area (Å²) in [7, 11) is 0. The number of hydrogen-bond acceptors (Lipinski definition) is 2. The number of aromatic amines is 1. The lowest BCUT2D eigenvalue weighted by atomic mass is 10.2. The van der Waals surface area contributed by atoms with Gasteiger partial charge < -0.3 is 0 Å². The molecule has 0 aromatic carbocycles. The number of rotatable bonds is 3. The molecule has 1 aliphatic rings. The molecule has 1 heterocycles. The SMILES string of the molecule is CCc1nc(C2CC2CC)n[nH]1. The van der Waals surface area contributed by atoms with Crippen molar-refractivity contribution in [2.75, 3.05) is 0 Å². The number of aryl methyl sites for hydroxylation is 1. The molecule has 1 aliphatic carbocycles. The molecule has 66 valence electrons. The van der Waals surface area contributed by atoms with Crippen LogP contribution in [-0.4, -0.2) is 15.2 Å². The van der Waals surface area contributed by atoms with E-state index in [1.54, 1.807) is 0 Å². The van der Waals surface area contributed by atoms with Crippen molar-refractivity contribution >= 4 is 0 Å². The Labute approximate surface area is 72.6 Å². The van der Waals surface area contributed by atoms with Gasteiger partial charge in [-0.05, 0) is 12.3 Å². The van der Waals surface area contributed by atoms with Crippen molar-refractivity contribution in [3.63, 3.8) is 0 Å². The highest BCUT2D eigenvalue weighted by molar-refractivity contribution is 5.09. The zero-order chi connectivity index (χ0) is 8.55. The van der Waals surface area contributed by atoms with E-state index in [4.69, 9.17) is 0 Å². The van der Waals surface area contributed by atoms with Crippen molar-refractivity contribution in [2.24, 2.45) is 5.92 Å². The fourth-order valence-electron chi connectivity index (χ4n) is 1.65. The molecule has 1 aromatic rings. The van der Waals surface area contributed by atoms with E-state index >= 15 is 0 Å². The summed E-state index contributed by atoms with van der Waals surface area (Å²) in [6, 6.07) is 0. The average Bonchev–Trinajstić information content (AvgIpc) is 2.75. The molecule has 2 unspecified atom stereocenters. The van der Waals surface area contributed by atoms with Gasteiger partial charge in [0, 0.05) is 12.3 Å². The third-order valence-electron chi connectivity index (χ3n) is 2.66. The lowest BCUT2D eigenvalue weighted by Gasteiger charge is -1.88. The lowest BCUT2D eigenvalue weighted by molar-refractivity contribution is 0.744. The highest BCUT2D eigenvalue weighted by atomic mass is 15.2. The van der Waals surface area contributed by atoms with E-state index in [1.807, 2.05) is 0 Å². The largest absolute Gasteiger partial charge is 0.263 e. The van der Waals surface area contributed by atoms with Crippen LogP contribution in [0.5, 0.6) is 0 Å². The maximum Gasteiger partial charge on any atom is 0.154 e. The standard InChI is InChI=1S/C9H15N3/c1-3-6-5-7(6)9-10-8(4-2)11-12-9/h6-7H,3-5H2,1-2H3,(H,10,11,12). The molecule has 1 aromatic heterocycles.